The molecule has 2 saturated heterocycles. The number of piperidine rings is 1. The van der Waals surface area contributed by atoms with Crippen molar-refractivity contribution in [3.63, 3.8) is 0 Å². The first-order valence-electron chi connectivity index (χ1n) is 11.8. The molecule has 1 amide bonds. The van der Waals surface area contributed by atoms with Gasteiger partial charge in [-0.25, -0.2) is 0 Å². The Morgan fingerprint density at radius 3 is 2.52 bits per heavy atom. The van der Waals surface area contributed by atoms with Gasteiger partial charge in [0.1, 0.15) is 5.75 Å². The normalized spacial score (nSPS) is 23.2. The summed E-state index contributed by atoms with van der Waals surface area (Å²) in [4.78, 5) is 17.2. The van der Waals surface area contributed by atoms with Gasteiger partial charge in [-0.1, -0.05) is 36.4 Å². The molecule has 2 fully saturated rings. The third-order valence-corrected chi connectivity index (χ3v) is 6.52. The summed E-state index contributed by atoms with van der Waals surface area (Å²) in [5.74, 6) is 1.86. The van der Waals surface area contributed by atoms with Crippen LogP contribution in [-0.4, -0.2) is 67.2 Å². The molecule has 31 heavy (non-hydrogen) atoms. The lowest BCUT2D eigenvalue weighted by atomic mass is 9.95. The zero-order valence-electron chi connectivity index (χ0n) is 19.0. The van der Waals surface area contributed by atoms with E-state index in [1.54, 1.807) is 0 Å². The molecule has 2 aliphatic heterocycles. The standard InChI is InChI=1S/C26H36N2O3/c1-20-17-27(18-21(2)31-20)19-22-12-14-28(15-13-22)26(29)11-6-16-30-25-10-5-8-23-7-3-4-9-24(23)25/h3-5,7-10,20-22H,6,11-19H2,1-2H3. The summed E-state index contributed by atoms with van der Waals surface area (Å²) in [6, 6.07) is 14.4. The van der Waals surface area contributed by atoms with E-state index in [0.29, 0.717) is 31.2 Å². The summed E-state index contributed by atoms with van der Waals surface area (Å²) >= 11 is 0. The maximum absolute atomic E-state index is 12.6. The number of rotatable bonds is 7. The molecule has 2 unspecified atom stereocenters. The summed E-state index contributed by atoms with van der Waals surface area (Å²) in [6.07, 6.45) is 4.18. The number of morpholine rings is 1. The molecule has 5 heteroatoms. The van der Waals surface area contributed by atoms with E-state index in [4.69, 9.17) is 9.47 Å². The zero-order valence-corrected chi connectivity index (χ0v) is 19.0. The van der Waals surface area contributed by atoms with Gasteiger partial charge in [0, 0.05) is 44.5 Å². The number of carbonyl (C=O) groups is 1. The monoisotopic (exact) mass is 424 g/mol. The van der Waals surface area contributed by atoms with Crippen molar-refractivity contribution >= 4 is 16.7 Å². The van der Waals surface area contributed by atoms with E-state index in [1.807, 2.05) is 24.3 Å². The molecule has 0 spiro atoms. The Hall–Kier alpha value is -2.11. The van der Waals surface area contributed by atoms with Crippen LogP contribution in [0.15, 0.2) is 42.5 Å². The second-order valence-electron chi connectivity index (χ2n) is 9.23. The number of likely N-dealkylation sites (tertiary alicyclic amines) is 1. The largest absolute Gasteiger partial charge is 0.493 e. The van der Waals surface area contributed by atoms with Gasteiger partial charge in [-0.15, -0.1) is 0 Å². The molecule has 2 aromatic rings. The van der Waals surface area contributed by atoms with Crippen molar-refractivity contribution in [3.8, 4) is 5.75 Å². The zero-order chi connectivity index (χ0) is 21.6. The average Bonchev–Trinajstić information content (AvgIpc) is 2.76. The van der Waals surface area contributed by atoms with Crippen LogP contribution in [0, 0.1) is 5.92 Å². The van der Waals surface area contributed by atoms with Crippen molar-refractivity contribution < 1.29 is 14.3 Å². The third-order valence-electron chi connectivity index (χ3n) is 6.52. The van der Waals surface area contributed by atoms with Gasteiger partial charge in [-0.05, 0) is 50.5 Å². The smallest absolute Gasteiger partial charge is 0.222 e. The summed E-state index contributed by atoms with van der Waals surface area (Å²) in [5.41, 5.74) is 0. The fourth-order valence-electron chi connectivity index (χ4n) is 5.05. The second-order valence-corrected chi connectivity index (χ2v) is 9.23. The topological polar surface area (TPSA) is 42.0 Å². The van der Waals surface area contributed by atoms with E-state index in [2.05, 4.69) is 41.8 Å². The summed E-state index contributed by atoms with van der Waals surface area (Å²) in [7, 11) is 0. The molecular weight excluding hydrogens is 388 g/mol. The molecule has 5 nitrogen and oxygen atoms in total. The van der Waals surface area contributed by atoms with Crippen molar-refractivity contribution in [2.45, 2.75) is 51.7 Å². The van der Waals surface area contributed by atoms with E-state index in [9.17, 15) is 4.79 Å². The van der Waals surface area contributed by atoms with E-state index >= 15 is 0 Å². The maximum atomic E-state index is 12.6. The first kappa shape index (κ1) is 22.1. The SMILES string of the molecule is CC1CN(CC2CCN(C(=O)CCCOc3cccc4ccccc34)CC2)CC(C)O1. The molecule has 0 saturated carbocycles. The minimum Gasteiger partial charge on any atom is -0.493 e. The first-order valence-corrected chi connectivity index (χ1v) is 11.8. The van der Waals surface area contributed by atoms with Crippen LogP contribution in [0.1, 0.15) is 39.5 Å². The van der Waals surface area contributed by atoms with Crippen molar-refractivity contribution in [3.05, 3.63) is 42.5 Å². The fraction of sp³-hybridized carbons (Fsp3) is 0.577. The molecule has 0 N–H and O–H groups in total. The van der Waals surface area contributed by atoms with Gasteiger partial charge in [-0.3, -0.25) is 9.69 Å². The van der Waals surface area contributed by atoms with Crippen molar-refractivity contribution in [1.29, 1.82) is 0 Å². The third kappa shape index (κ3) is 5.98. The Labute approximate surface area is 186 Å². The molecule has 0 aromatic heterocycles. The Morgan fingerprint density at radius 2 is 1.74 bits per heavy atom. The fourth-order valence-corrected chi connectivity index (χ4v) is 5.05. The van der Waals surface area contributed by atoms with Crippen molar-refractivity contribution in [1.82, 2.24) is 9.80 Å². The summed E-state index contributed by atoms with van der Waals surface area (Å²) < 4.78 is 11.8. The first-order chi connectivity index (χ1) is 15.1. The van der Waals surface area contributed by atoms with Gasteiger partial charge in [0.25, 0.3) is 0 Å². The Morgan fingerprint density at radius 1 is 1.03 bits per heavy atom. The number of hydrogen-bond donors (Lipinski definition) is 0. The van der Waals surface area contributed by atoms with E-state index in [1.165, 1.54) is 5.39 Å². The van der Waals surface area contributed by atoms with Gasteiger partial charge in [0.15, 0.2) is 0 Å². The summed E-state index contributed by atoms with van der Waals surface area (Å²) in [5, 5.41) is 2.31. The molecule has 0 aliphatic carbocycles. The number of benzene rings is 2. The van der Waals surface area contributed by atoms with Crippen LogP contribution in [0.2, 0.25) is 0 Å². The Kier molecular flexibility index (Phi) is 7.46. The molecule has 2 aromatic carbocycles. The lowest BCUT2D eigenvalue weighted by Crippen LogP contribution is -2.48. The minimum atomic E-state index is 0.272. The molecule has 2 heterocycles. The van der Waals surface area contributed by atoms with Gasteiger partial charge >= 0.3 is 0 Å². The highest BCUT2D eigenvalue weighted by Crippen LogP contribution is 2.25. The van der Waals surface area contributed by atoms with E-state index in [-0.39, 0.29) is 5.91 Å². The lowest BCUT2D eigenvalue weighted by molar-refractivity contribution is -0.133. The molecule has 4 rings (SSSR count). The van der Waals surface area contributed by atoms with Gasteiger partial charge in [0.2, 0.25) is 5.91 Å². The van der Waals surface area contributed by atoms with Crippen LogP contribution in [0.4, 0.5) is 0 Å². The molecule has 0 radical (unpaired) electrons. The predicted octanol–water partition coefficient (Wildman–Crippen LogP) is 4.35. The van der Waals surface area contributed by atoms with Gasteiger partial charge in [-0.2, -0.15) is 0 Å². The average molecular weight is 425 g/mol. The molecule has 2 atom stereocenters. The number of fused-ring (bicyclic) bond motifs is 1. The maximum Gasteiger partial charge on any atom is 0.222 e. The Balaban J connectivity index is 1.16. The van der Waals surface area contributed by atoms with Gasteiger partial charge < -0.3 is 14.4 Å². The molecule has 168 valence electrons. The van der Waals surface area contributed by atoms with Crippen LogP contribution in [0.3, 0.4) is 0 Å². The number of carbonyl (C=O) groups excluding carboxylic acids is 1. The number of amides is 1. The van der Waals surface area contributed by atoms with Crippen LogP contribution in [0.25, 0.3) is 10.8 Å². The van der Waals surface area contributed by atoms with E-state index in [0.717, 1.165) is 63.1 Å². The number of nitrogens with zero attached hydrogens (tertiary/aromatic N) is 2. The van der Waals surface area contributed by atoms with E-state index < -0.39 is 0 Å². The second kappa shape index (κ2) is 10.5. The van der Waals surface area contributed by atoms with Crippen LogP contribution in [-0.2, 0) is 9.53 Å². The van der Waals surface area contributed by atoms with Crippen molar-refractivity contribution in [2.24, 2.45) is 5.92 Å². The van der Waals surface area contributed by atoms with Crippen LogP contribution < -0.4 is 4.74 Å². The molecule has 0 bridgehead atoms. The highest BCUT2D eigenvalue weighted by molar-refractivity contribution is 5.88. The molecule has 2 aliphatic rings. The van der Waals surface area contributed by atoms with Crippen molar-refractivity contribution in [2.75, 3.05) is 39.3 Å². The predicted molar refractivity (Wildman–Crippen MR) is 124 cm³/mol. The summed E-state index contributed by atoms with van der Waals surface area (Å²) in [6.45, 7) is 9.87. The van der Waals surface area contributed by atoms with Gasteiger partial charge in [0.05, 0.1) is 18.8 Å². The highest BCUT2D eigenvalue weighted by atomic mass is 16.5. The highest BCUT2D eigenvalue weighted by Gasteiger charge is 2.27. The van der Waals surface area contributed by atoms with Crippen LogP contribution >= 0.6 is 0 Å². The number of ether oxygens (including phenoxy) is 2. The lowest BCUT2D eigenvalue weighted by Gasteiger charge is -2.39. The Bertz CT molecular complexity index is 847. The van der Waals surface area contributed by atoms with Crippen LogP contribution in [0.5, 0.6) is 5.75 Å². The molecular formula is C26H36N2O3. The quantitative estimate of drug-likeness (QED) is 0.620. The minimum absolute atomic E-state index is 0.272. The number of hydrogen-bond acceptors (Lipinski definition) is 4.